The van der Waals surface area contributed by atoms with Gasteiger partial charge in [-0.1, -0.05) is 0 Å². The molecular formula is C12H10N2OS2. The Labute approximate surface area is 106 Å². The van der Waals surface area contributed by atoms with E-state index >= 15 is 0 Å². The van der Waals surface area contributed by atoms with Gasteiger partial charge in [-0.15, -0.1) is 22.7 Å². The zero-order valence-corrected chi connectivity index (χ0v) is 10.8. The molecular weight excluding hydrogens is 252 g/mol. The van der Waals surface area contributed by atoms with E-state index in [1.54, 1.807) is 33.6 Å². The predicted octanol–water partition coefficient (Wildman–Crippen LogP) is 3.12. The van der Waals surface area contributed by atoms with E-state index in [9.17, 15) is 4.79 Å². The highest BCUT2D eigenvalue weighted by atomic mass is 32.1. The van der Waals surface area contributed by atoms with Gasteiger partial charge in [0.15, 0.2) is 5.78 Å². The summed E-state index contributed by atoms with van der Waals surface area (Å²) in [5.41, 5.74) is 0.967. The SMILES string of the molecule is Cn1cc(CC(=O)c2cc3sccc3s2)cn1. The number of carbonyl (C=O) groups is 1. The van der Waals surface area contributed by atoms with Gasteiger partial charge in [-0.2, -0.15) is 5.10 Å². The number of hydrogen-bond acceptors (Lipinski definition) is 4. The topological polar surface area (TPSA) is 34.9 Å². The van der Waals surface area contributed by atoms with Crippen LogP contribution in [0, 0.1) is 0 Å². The van der Waals surface area contributed by atoms with Crippen molar-refractivity contribution in [2.45, 2.75) is 6.42 Å². The van der Waals surface area contributed by atoms with Gasteiger partial charge in [0.05, 0.1) is 11.1 Å². The molecule has 3 rings (SSSR count). The molecule has 0 aliphatic carbocycles. The second kappa shape index (κ2) is 4.09. The minimum Gasteiger partial charge on any atom is -0.293 e. The van der Waals surface area contributed by atoms with Crippen molar-refractivity contribution in [2.24, 2.45) is 7.05 Å². The maximum absolute atomic E-state index is 12.1. The van der Waals surface area contributed by atoms with Crippen LogP contribution < -0.4 is 0 Å². The molecule has 0 radical (unpaired) electrons. The second-order valence-corrected chi connectivity index (χ2v) is 5.91. The molecule has 0 aliphatic heterocycles. The Kier molecular flexibility index (Phi) is 2.57. The summed E-state index contributed by atoms with van der Waals surface area (Å²) in [7, 11) is 1.86. The molecule has 17 heavy (non-hydrogen) atoms. The van der Waals surface area contributed by atoms with Crippen LogP contribution in [0.4, 0.5) is 0 Å². The van der Waals surface area contributed by atoms with Crippen molar-refractivity contribution in [1.29, 1.82) is 0 Å². The maximum Gasteiger partial charge on any atom is 0.177 e. The highest BCUT2D eigenvalue weighted by Gasteiger charge is 2.12. The summed E-state index contributed by atoms with van der Waals surface area (Å²) < 4.78 is 4.12. The van der Waals surface area contributed by atoms with Crippen molar-refractivity contribution in [3.63, 3.8) is 0 Å². The standard InChI is InChI=1S/C12H10N2OS2/c1-14-7-8(6-13-14)4-9(15)11-5-12-10(17-11)2-3-16-12/h2-3,5-7H,4H2,1H3. The van der Waals surface area contributed by atoms with Gasteiger partial charge in [-0.25, -0.2) is 0 Å². The van der Waals surface area contributed by atoms with Crippen LogP contribution in [-0.4, -0.2) is 15.6 Å². The lowest BCUT2D eigenvalue weighted by molar-refractivity contribution is 0.0997. The molecule has 3 heterocycles. The average molecular weight is 262 g/mol. The summed E-state index contributed by atoms with van der Waals surface area (Å²) in [4.78, 5) is 12.9. The van der Waals surface area contributed by atoms with Gasteiger partial charge in [0.25, 0.3) is 0 Å². The van der Waals surface area contributed by atoms with Crippen molar-refractivity contribution in [1.82, 2.24) is 9.78 Å². The number of nitrogens with zero attached hydrogens (tertiary/aromatic N) is 2. The Balaban J connectivity index is 1.84. The first kappa shape index (κ1) is 10.7. The number of hydrogen-bond donors (Lipinski definition) is 0. The van der Waals surface area contributed by atoms with Gasteiger partial charge < -0.3 is 0 Å². The molecule has 0 amide bonds. The zero-order chi connectivity index (χ0) is 11.8. The smallest absolute Gasteiger partial charge is 0.177 e. The lowest BCUT2D eigenvalue weighted by Crippen LogP contribution is -1.99. The number of Topliss-reactive ketones (excluding diaryl/α,β-unsaturated/α-hetero) is 1. The molecule has 5 heteroatoms. The highest BCUT2D eigenvalue weighted by molar-refractivity contribution is 7.27. The number of aromatic nitrogens is 2. The van der Waals surface area contributed by atoms with Gasteiger partial charge in [-0.05, 0) is 23.1 Å². The molecule has 0 aliphatic rings. The fourth-order valence-corrected chi connectivity index (χ4v) is 3.79. The third-order valence-electron chi connectivity index (χ3n) is 2.54. The van der Waals surface area contributed by atoms with Gasteiger partial charge in [-0.3, -0.25) is 9.48 Å². The number of aryl methyl sites for hydroxylation is 1. The monoisotopic (exact) mass is 262 g/mol. The van der Waals surface area contributed by atoms with Crippen LogP contribution in [0.15, 0.2) is 29.9 Å². The third kappa shape index (κ3) is 2.03. The van der Waals surface area contributed by atoms with Gasteiger partial charge in [0.1, 0.15) is 0 Å². The third-order valence-corrected chi connectivity index (χ3v) is 4.67. The number of thiophene rings is 2. The lowest BCUT2D eigenvalue weighted by Gasteiger charge is -1.93. The molecule has 0 fully saturated rings. The largest absolute Gasteiger partial charge is 0.293 e. The second-order valence-electron chi connectivity index (χ2n) is 3.88. The summed E-state index contributed by atoms with van der Waals surface area (Å²) in [5.74, 6) is 0.173. The van der Waals surface area contributed by atoms with Crippen LogP contribution in [0.2, 0.25) is 0 Å². The predicted molar refractivity (Wildman–Crippen MR) is 70.9 cm³/mol. The number of fused-ring (bicyclic) bond motifs is 1. The van der Waals surface area contributed by atoms with Crippen LogP contribution in [0.3, 0.4) is 0 Å². The minimum absolute atomic E-state index is 0.173. The van der Waals surface area contributed by atoms with Gasteiger partial charge >= 0.3 is 0 Å². The Hall–Kier alpha value is -1.46. The number of carbonyl (C=O) groups excluding carboxylic acids is 1. The Morgan fingerprint density at radius 2 is 2.35 bits per heavy atom. The Morgan fingerprint density at radius 3 is 3.06 bits per heavy atom. The Bertz CT molecular complexity index is 649. The molecule has 3 nitrogen and oxygen atoms in total. The molecule has 0 aromatic carbocycles. The number of rotatable bonds is 3. The minimum atomic E-state index is 0.173. The highest BCUT2D eigenvalue weighted by Crippen LogP contribution is 2.30. The first-order valence-corrected chi connectivity index (χ1v) is 6.90. The van der Waals surface area contributed by atoms with Crippen LogP contribution >= 0.6 is 22.7 Å². The summed E-state index contributed by atoms with van der Waals surface area (Å²) in [5, 5.41) is 6.12. The lowest BCUT2D eigenvalue weighted by atomic mass is 10.1. The normalized spacial score (nSPS) is 11.1. The molecule has 0 N–H and O–H groups in total. The molecule has 0 bridgehead atoms. The molecule has 86 valence electrons. The summed E-state index contributed by atoms with van der Waals surface area (Å²) >= 11 is 3.25. The summed E-state index contributed by atoms with van der Waals surface area (Å²) in [6.45, 7) is 0. The van der Waals surface area contributed by atoms with E-state index < -0.39 is 0 Å². The quantitative estimate of drug-likeness (QED) is 0.680. The van der Waals surface area contributed by atoms with Crippen molar-refractivity contribution in [2.75, 3.05) is 0 Å². The van der Waals surface area contributed by atoms with Crippen molar-refractivity contribution < 1.29 is 4.79 Å². The van der Waals surface area contributed by atoms with E-state index in [1.165, 1.54) is 9.40 Å². The molecule has 0 saturated heterocycles. The molecule has 0 saturated carbocycles. The number of ketones is 1. The van der Waals surface area contributed by atoms with Crippen LogP contribution in [-0.2, 0) is 13.5 Å². The molecule has 3 aromatic heterocycles. The molecule has 3 aromatic rings. The van der Waals surface area contributed by atoms with Crippen molar-refractivity contribution in [3.8, 4) is 0 Å². The molecule has 0 atom stereocenters. The summed E-state index contributed by atoms with van der Waals surface area (Å²) in [6, 6.07) is 4.05. The van der Waals surface area contributed by atoms with Crippen LogP contribution in [0.5, 0.6) is 0 Å². The van der Waals surface area contributed by atoms with E-state index in [2.05, 4.69) is 16.5 Å². The van der Waals surface area contributed by atoms with E-state index in [0.717, 1.165) is 10.4 Å². The average Bonchev–Trinajstić information content (AvgIpc) is 2.92. The maximum atomic E-state index is 12.1. The van der Waals surface area contributed by atoms with Gasteiger partial charge in [0.2, 0.25) is 0 Å². The van der Waals surface area contributed by atoms with Crippen molar-refractivity contribution >= 4 is 37.9 Å². The zero-order valence-electron chi connectivity index (χ0n) is 9.21. The van der Waals surface area contributed by atoms with Crippen LogP contribution in [0.25, 0.3) is 9.40 Å². The first-order chi connectivity index (χ1) is 8.22. The molecule has 0 unspecified atom stereocenters. The van der Waals surface area contributed by atoms with E-state index in [1.807, 2.05) is 19.3 Å². The fourth-order valence-electron chi connectivity index (χ4n) is 1.74. The van der Waals surface area contributed by atoms with E-state index in [-0.39, 0.29) is 5.78 Å². The Morgan fingerprint density at radius 1 is 1.47 bits per heavy atom. The van der Waals surface area contributed by atoms with Gasteiger partial charge in [0, 0.05) is 29.1 Å². The first-order valence-electron chi connectivity index (χ1n) is 5.20. The van der Waals surface area contributed by atoms with Crippen molar-refractivity contribution in [3.05, 3.63) is 40.3 Å². The van der Waals surface area contributed by atoms with E-state index in [0.29, 0.717) is 6.42 Å². The molecule has 0 spiro atoms. The summed E-state index contributed by atoms with van der Waals surface area (Å²) in [6.07, 6.45) is 4.06. The van der Waals surface area contributed by atoms with E-state index in [4.69, 9.17) is 0 Å². The van der Waals surface area contributed by atoms with Crippen LogP contribution in [0.1, 0.15) is 15.2 Å². The fraction of sp³-hybridized carbons (Fsp3) is 0.167.